The smallest absolute Gasteiger partial charge is 0.261 e. The molecule has 3 heterocycles. The summed E-state index contributed by atoms with van der Waals surface area (Å²) in [6.45, 7) is 10.3. The Kier molecular flexibility index (Phi) is 6.86. The molecule has 2 amide bonds. The van der Waals surface area contributed by atoms with Crippen LogP contribution >= 0.6 is 11.3 Å². The van der Waals surface area contributed by atoms with Crippen LogP contribution in [0.1, 0.15) is 55.8 Å². The molecule has 192 valence electrons. The van der Waals surface area contributed by atoms with Gasteiger partial charge in [0.25, 0.3) is 5.91 Å². The number of aromatic nitrogens is 2. The number of benzene rings is 2. The maximum Gasteiger partial charge on any atom is 0.261 e. The largest absolute Gasteiger partial charge is 0.351 e. The highest BCUT2D eigenvalue weighted by molar-refractivity contribution is 7.21. The van der Waals surface area contributed by atoms with Crippen molar-refractivity contribution in [1.29, 1.82) is 0 Å². The fraction of sp³-hybridized carbons (Fsp3) is 0.379. The minimum atomic E-state index is -0.0604. The number of thiophene rings is 1. The molecule has 0 radical (unpaired) electrons. The first kappa shape index (κ1) is 25.1. The molecule has 0 bridgehead atoms. The van der Waals surface area contributed by atoms with Crippen LogP contribution in [0.25, 0.3) is 21.0 Å². The third kappa shape index (κ3) is 5.59. The van der Waals surface area contributed by atoms with Crippen molar-refractivity contribution in [1.82, 2.24) is 20.2 Å². The first-order chi connectivity index (χ1) is 17.7. The highest BCUT2D eigenvalue weighted by Gasteiger charge is 2.22. The van der Waals surface area contributed by atoms with Crippen LogP contribution in [0.4, 0.5) is 11.6 Å². The lowest BCUT2D eigenvalue weighted by atomic mass is 9.87. The number of piperidine rings is 1. The van der Waals surface area contributed by atoms with Gasteiger partial charge in [0.2, 0.25) is 11.9 Å². The molecule has 1 aliphatic heterocycles. The Hall–Kier alpha value is -3.52. The van der Waals surface area contributed by atoms with E-state index in [1.807, 2.05) is 41.4 Å². The van der Waals surface area contributed by atoms with Crippen LogP contribution in [-0.4, -0.2) is 46.3 Å². The average molecular weight is 516 g/mol. The molecular formula is C29H33N5O2S. The number of rotatable bonds is 5. The second kappa shape index (κ2) is 10.1. The molecule has 7 nitrogen and oxygen atoms in total. The van der Waals surface area contributed by atoms with Crippen LogP contribution in [0.2, 0.25) is 0 Å². The summed E-state index contributed by atoms with van der Waals surface area (Å²) in [5.41, 5.74) is 3.05. The van der Waals surface area contributed by atoms with Gasteiger partial charge in [0.15, 0.2) is 0 Å². The number of hydrogen-bond donors (Lipinski definition) is 2. The van der Waals surface area contributed by atoms with Crippen LogP contribution in [-0.2, 0) is 10.2 Å². The van der Waals surface area contributed by atoms with Crippen molar-refractivity contribution < 1.29 is 9.59 Å². The number of fused-ring (bicyclic) bond motifs is 3. The molecule has 8 heteroatoms. The molecule has 1 fully saturated rings. The van der Waals surface area contributed by atoms with Crippen LogP contribution in [0.15, 0.2) is 48.7 Å². The molecule has 0 spiro atoms. The van der Waals surface area contributed by atoms with Gasteiger partial charge in [-0.1, -0.05) is 32.9 Å². The molecule has 2 N–H and O–H groups in total. The van der Waals surface area contributed by atoms with E-state index in [2.05, 4.69) is 48.5 Å². The highest BCUT2D eigenvalue weighted by Crippen LogP contribution is 2.32. The zero-order chi connectivity index (χ0) is 26.2. The second-order valence-corrected chi connectivity index (χ2v) is 11.9. The molecule has 0 saturated carbocycles. The fourth-order valence-electron chi connectivity index (χ4n) is 4.75. The average Bonchev–Trinajstić information content (AvgIpc) is 3.32. The van der Waals surface area contributed by atoms with E-state index in [1.165, 1.54) is 16.9 Å². The normalized spacial score (nSPS) is 14.8. The highest BCUT2D eigenvalue weighted by atomic mass is 32.1. The summed E-state index contributed by atoms with van der Waals surface area (Å²) in [7, 11) is 0. The van der Waals surface area contributed by atoms with Crippen molar-refractivity contribution in [3.8, 4) is 0 Å². The van der Waals surface area contributed by atoms with Gasteiger partial charge in [-0.05, 0) is 60.1 Å². The third-order valence-electron chi connectivity index (χ3n) is 7.07. The maximum atomic E-state index is 13.0. The topological polar surface area (TPSA) is 87.2 Å². The minimum absolute atomic E-state index is 0.0492. The molecule has 37 heavy (non-hydrogen) atoms. The lowest BCUT2D eigenvalue weighted by Gasteiger charge is -2.31. The van der Waals surface area contributed by atoms with E-state index in [0.717, 1.165) is 52.6 Å². The number of carbonyl (C=O) groups is 2. The predicted octanol–water partition coefficient (Wildman–Crippen LogP) is 5.87. The molecule has 4 aromatic rings. The first-order valence-electron chi connectivity index (χ1n) is 12.8. The van der Waals surface area contributed by atoms with Gasteiger partial charge in [-0.3, -0.25) is 9.59 Å². The van der Waals surface area contributed by atoms with Gasteiger partial charge >= 0.3 is 0 Å². The van der Waals surface area contributed by atoms with Gasteiger partial charge in [-0.25, -0.2) is 9.97 Å². The zero-order valence-corrected chi connectivity index (χ0v) is 22.6. The molecular weight excluding hydrogens is 482 g/mol. The van der Waals surface area contributed by atoms with Gasteiger partial charge in [-0.2, -0.15) is 0 Å². The lowest BCUT2D eigenvalue weighted by molar-refractivity contribution is -0.130. The number of anilines is 2. The summed E-state index contributed by atoms with van der Waals surface area (Å²) >= 11 is 1.48. The minimum Gasteiger partial charge on any atom is -0.351 e. The summed E-state index contributed by atoms with van der Waals surface area (Å²) < 4.78 is 1.02. The molecule has 1 aliphatic rings. The SMILES string of the molecule is CC(=O)N1CCC(CNC(=O)c2cc3c(ccc4cnc(Nc5cccc(C(C)(C)C)c5)nc43)s2)CC1. The molecule has 0 aliphatic carbocycles. The summed E-state index contributed by atoms with van der Waals surface area (Å²) in [4.78, 5) is 36.4. The fourth-order valence-corrected chi connectivity index (χ4v) is 5.73. The zero-order valence-electron chi connectivity index (χ0n) is 21.8. The van der Waals surface area contributed by atoms with E-state index < -0.39 is 0 Å². The monoisotopic (exact) mass is 515 g/mol. The summed E-state index contributed by atoms with van der Waals surface area (Å²) in [6.07, 6.45) is 3.66. The lowest BCUT2D eigenvalue weighted by Crippen LogP contribution is -2.40. The Balaban J connectivity index is 1.33. The first-order valence-corrected chi connectivity index (χ1v) is 13.6. The van der Waals surface area contributed by atoms with E-state index in [4.69, 9.17) is 4.98 Å². The quantitative estimate of drug-likeness (QED) is 0.347. The summed E-state index contributed by atoms with van der Waals surface area (Å²) in [5.74, 6) is 0.989. The van der Waals surface area contributed by atoms with Crippen molar-refractivity contribution >= 4 is 55.8 Å². The van der Waals surface area contributed by atoms with Crippen LogP contribution in [0.3, 0.4) is 0 Å². The molecule has 2 aromatic heterocycles. The Morgan fingerprint density at radius 1 is 1.11 bits per heavy atom. The van der Waals surface area contributed by atoms with E-state index in [9.17, 15) is 9.59 Å². The summed E-state index contributed by atoms with van der Waals surface area (Å²) in [6, 6.07) is 14.3. The van der Waals surface area contributed by atoms with Crippen molar-refractivity contribution in [2.24, 2.45) is 5.92 Å². The summed E-state index contributed by atoms with van der Waals surface area (Å²) in [5, 5.41) is 8.34. The van der Waals surface area contributed by atoms with E-state index in [0.29, 0.717) is 23.3 Å². The number of hydrogen-bond acceptors (Lipinski definition) is 6. The Morgan fingerprint density at radius 3 is 2.62 bits per heavy atom. The Morgan fingerprint density at radius 2 is 1.89 bits per heavy atom. The molecule has 0 atom stereocenters. The molecule has 5 rings (SSSR count). The van der Waals surface area contributed by atoms with Gasteiger partial charge in [0.1, 0.15) is 0 Å². The predicted molar refractivity (Wildman–Crippen MR) is 151 cm³/mol. The van der Waals surface area contributed by atoms with Crippen LogP contribution < -0.4 is 10.6 Å². The number of carbonyl (C=O) groups excluding carboxylic acids is 2. The van der Waals surface area contributed by atoms with Crippen molar-refractivity contribution in [3.05, 3.63) is 59.1 Å². The standard InChI is InChI=1S/C29H33N5O2S/c1-18(35)34-12-10-19(11-13-34)16-30-27(36)25-15-23-24(37-25)9-8-20-17-31-28(33-26(20)23)32-22-7-5-6-21(14-22)29(2,3)4/h5-9,14-15,17,19H,10-13,16H2,1-4H3,(H,30,36)(H,31,32,33). The Bertz CT molecular complexity index is 1460. The second-order valence-electron chi connectivity index (χ2n) is 10.8. The van der Waals surface area contributed by atoms with E-state index in [-0.39, 0.29) is 17.2 Å². The molecule has 1 saturated heterocycles. The third-order valence-corrected chi connectivity index (χ3v) is 8.17. The van der Waals surface area contributed by atoms with E-state index in [1.54, 1.807) is 6.92 Å². The van der Waals surface area contributed by atoms with Crippen molar-refractivity contribution in [3.63, 3.8) is 0 Å². The number of nitrogens with one attached hydrogen (secondary N) is 2. The number of nitrogens with zero attached hydrogens (tertiary/aromatic N) is 3. The number of likely N-dealkylation sites (tertiary alicyclic amines) is 1. The van der Waals surface area contributed by atoms with Crippen LogP contribution in [0, 0.1) is 5.92 Å². The van der Waals surface area contributed by atoms with Crippen LogP contribution in [0.5, 0.6) is 0 Å². The van der Waals surface area contributed by atoms with E-state index >= 15 is 0 Å². The Labute approximate surface area is 221 Å². The van der Waals surface area contributed by atoms with Crippen molar-refractivity contribution in [2.75, 3.05) is 25.0 Å². The van der Waals surface area contributed by atoms with Gasteiger partial charge < -0.3 is 15.5 Å². The van der Waals surface area contributed by atoms with Gasteiger partial charge in [-0.15, -0.1) is 11.3 Å². The van der Waals surface area contributed by atoms with Crippen molar-refractivity contribution in [2.45, 2.75) is 46.0 Å². The van der Waals surface area contributed by atoms with Gasteiger partial charge in [0.05, 0.1) is 10.4 Å². The molecule has 2 aromatic carbocycles. The van der Waals surface area contributed by atoms with Gasteiger partial charge in [0, 0.05) is 53.9 Å². The number of amides is 2. The maximum absolute atomic E-state index is 13.0. The molecule has 0 unspecified atom stereocenters.